The maximum atomic E-state index is 13.0. The quantitative estimate of drug-likeness (QED) is 0.649. The van der Waals surface area contributed by atoms with Crippen LogP contribution in [0.15, 0.2) is 54.9 Å². The van der Waals surface area contributed by atoms with Crippen LogP contribution in [-0.4, -0.2) is 20.5 Å². The van der Waals surface area contributed by atoms with Gasteiger partial charge in [0, 0.05) is 18.8 Å². The first-order chi connectivity index (χ1) is 11.7. The van der Waals surface area contributed by atoms with Gasteiger partial charge in [0.05, 0.1) is 11.3 Å². The van der Waals surface area contributed by atoms with E-state index in [9.17, 15) is 9.18 Å². The second-order valence-corrected chi connectivity index (χ2v) is 5.53. The highest BCUT2D eigenvalue weighted by Gasteiger charge is 2.16. The first-order valence-corrected chi connectivity index (χ1v) is 7.95. The number of benzene rings is 1. The summed E-state index contributed by atoms with van der Waals surface area (Å²) in [4.78, 5) is 16.5. The molecule has 0 bridgehead atoms. The Morgan fingerprint density at radius 2 is 1.92 bits per heavy atom. The fourth-order valence-electron chi connectivity index (χ4n) is 2.54. The van der Waals surface area contributed by atoms with Crippen molar-refractivity contribution in [1.82, 2.24) is 14.8 Å². The summed E-state index contributed by atoms with van der Waals surface area (Å²) >= 11 is 0. The van der Waals surface area contributed by atoms with Gasteiger partial charge in [0.1, 0.15) is 5.82 Å². The maximum absolute atomic E-state index is 13.0. The zero-order valence-electron chi connectivity index (χ0n) is 13.4. The maximum Gasteiger partial charge on any atom is 0.166 e. The van der Waals surface area contributed by atoms with Crippen LogP contribution in [0, 0.1) is 5.82 Å². The lowest BCUT2D eigenvalue weighted by Crippen LogP contribution is -2.02. The number of carbonyl (C=O) groups is 1. The minimum Gasteiger partial charge on any atom is -0.294 e. The zero-order valence-corrected chi connectivity index (χ0v) is 13.4. The molecule has 24 heavy (non-hydrogen) atoms. The topological polar surface area (TPSA) is 47.8 Å². The van der Waals surface area contributed by atoms with Crippen LogP contribution in [0.4, 0.5) is 4.39 Å². The molecule has 122 valence electrons. The van der Waals surface area contributed by atoms with Crippen LogP contribution >= 0.6 is 0 Å². The van der Waals surface area contributed by atoms with Crippen LogP contribution in [0.1, 0.15) is 35.0 Å². The predicted octanol–water partition coefficient (Wildman–Crippen LogP) is 3.78. The van der Waals surface area contributed by atoms with Gasteiger partial charge in [-0.3, -0.25) is 4.79 Å². The second-order valence-electron chi connectivity index (χ2n) is 5.53. The van der Waals surface area contributed by atoms with Gasteiger partial charge in [-0.05, 0) is 42.7 Å². The van der Waals surface area contributed by atoms with Gasteiger partial charge < -0.3 is 0 Å². The average Bonchev–Trinajstić information content (AvgIpc) is 3.05. The molecule has 0 aliphatic rings. The van der Waals surface area contributed by atoms with Gasteiger partial charge >= 0.3 is 0 Å². The second kappa shape index (κ2) is 7.17. The highest BCUT2D eigenvalue weighted by molar-refractivity contribution is 5.96. The molecule has 1 aromatic carbocycles. The molecule has 0 aliphatic heterocycles. The largest absolute Gasteiger partial charge is 0.294 e. The number of rotatable bonds is 6. The van der Waals surface area contributed by atoms with Gasteiger partial charge in [0.15, 0.2) is 11.6 Å². The molecule has 4 nitrogen and oxygen atoms in total. The first kappa shape index (κ1) is 16.1. The first-order valence-electron chi connectivity index (χ1n) is 7.95. The van der Waals surface area contributed by atoms with Gasteiger partial charge in [0.25, 0.3) is 0 Å². The lowest BCUT2D eigenvalue weighted by atomic mass is 10.0. The van der Waals surface area contributed by atoms with Crippen molar-refractivity contribution in [2.75, 3.05) is 0 Å². The van der Waals surface area contributed by atoms with Gasteiger partial charge in [-0.15, -0.1) is 0 Å². The van der Waals surface area contributed by atoms with E-state index in [2.05, 4.69) is 10.1 Å². The zero-order chi connectivity index (χ0) is 16.9. The lowest BCUT2D eigenvalue weighted by Gasteiger charge is -2.02. The van der Waals surface area contributed by atoms with Crippen molar-refractivity contribution in [3.05, 3.63) is 77.5 Å². The van der Waals surface area contributed by atoms with Crippen molar-refractivity contribution in [2.45, 2.75) is 26.2 Å². The molecule has 0 radical (unpaired) electrons. The van der Waals surface area contributed by atoms with Crippen LogP contribution < -0.4 is 0 Å². The number of carbonyl (C=O) groups excluding carboxylic acids is 1. The molecule has 0 unspecified atom stereocenters. The van der Waals surface area contributed by atoms with Crippen molar-refractivity contribution < 1.29 is 9.18 Å². The van der Waals surface area contributed by atoms with Crippen molar-refractivity contribution in [2.24, 2.45) is 0 Å². The number of aromatic nitrogens is 3. The molecule has 2 aromatic heterocycles. The van der Waals surface area contributed by atoms with Crippen molar-refractivity contribution in [3.63, 3.8) is 0 Å². The van der Waals surface area contributed by atoms with E-state index in [1.54, 1.807) is 29.2 Å². The normalized spacial score (nSPS) is 10.8. The Labute approximate surface area is 140 Å². The number of Topliss-reactive ketones (excluding diaryl/α,β-unsaturated/α-hetero) is 1. The summed E-state index contributed by atoms with van der Waals surface area (Å²) in [6.45, 7) is 1.84. The summed E-state index contributed by atoms with van der Waals surface area (Å²) in [5.74, 6) is 0.488. The summed E-state index contributed by atoms with van der Waals surface area (Å²) in [6.07, 6.45) is 5.18. The minimum atomic E-state index is -0.250. The molecule has 0 saturated carbocycles. The Balaban J connectivity index is 1.86. The third kappa shape index (κ3) is 3.56. The third-order valence-electron chi connectivity index (χ3n) is 3.86. The highest BCUT2D eigenvalue weighted by atomic mass is 19.1. The summed E-state index contributed by atoms with van der Waals surface area (Å²) < 4.78 is 14.6. The molecule has 2 heterocycles. The molecule has 0 aliphatic carbocycles. The van der Waals surface area contributed by atoms with Gasteiger partial charge in [-0.2, -0.15) is 5.10 Å². The van der Waals surface area contributed by atoms with Crippen LogP contribution in [0.25, 0.3) is 5.82 Å². The van der Waals surface area contributed by atoms with E-state index in [4.69, 9.17) is 0 Å². The van der Waals surface area contributed by atoms with E-state index < -0.39 is 0 Å². The standard InChI is InChI=1S/C19H18FN3O/c1-2-18(24)16-13-23(19-5-3-4-12-21-19)22-17(16)11-8-14-6-9-15(20)10-7-14/h3-7,9-10,12-13H,2,8,11H2,1H3. The molecule has 0 N–H and O–H groups in total. The van der Waals surface area contributed by atoms with E-state index in [1.165, 1.54) is 12.1 Å². The van der Waals surface area contributed by atoms with Crippen LogP contribution in [0.2, 0.25) is 0 Å². The highest BCUT2D eigenvalue weighted by Crippen LogP contribution is 2.16. The molecule has 0 saturated heterocycles. The summed E-state index contributed by atoms with van der Waals surface area (Å²) in [5.41, 5.74) is 2.39. The van der Waals surface area contributed by atoms with Crippen LogP contribution in [-0.2, 0) is 12.8 Å². The average molecular weight is 323 g/mol. The number of pyridine rings is 1. The number of aryl methyl sites for hydroxylation is 2. The van der Waals surface area contributed by atoms with E-state index >= 15 is 0 Å². The number of halogens is 1. The molecule has 0 fully saturated rings. The number of nitrogens with zero attached hydrogens (tertiary/aromatic N) is 3. The molecular formula is C19H18FN3O. The summed E-state index contributed by atoms with van der Waals surface area (Å²) in [7, 11) is 0. The molecule has 0 amide bonds. The van der Waals surface area contributed by atoms with Crippen LogP contribution in [0.5, 0.6) is 0 Å². The fourth-order valence-corrected chi connectivity index (χ4v) is 2.54. The van der Waals surface area contributed by atoms with E-state index in [-0.39, 0.29) is 11.6 Å². The fraction of sp³-hybridized carbons (Fsp3) is 0.211. The van der Waals surface area contributed by atoms with Crippen molar-refractivity contribution in [3.8, 4) is 5.82 Å². The Morgan fingerprint density at radius 3 is 2.58 bits per heavy atom. The van der Waals surface area contributed by atoms with Crippen LogP contribution in [0.3, 0.4) is 0 Å². The van der Waals surface area contributed by atoms with Gasteiger partial charge in [0.2, 0.25) is 0 Å². The molecular weight excluding hydrogens is 305 g/mol. The Bertz CT molecular complexity index is 826. The Morgan fingerprint density at radius 1 is 1.12 bits per heavy atom. The third-order valence-corrected chi connectivity index (χ3v) is 3.86. The van der Waals surface area contributed by atoms with E-state index in [0.717, 1.165) is 11.3 Å². The van der Waals surface area contributed by atoms with Gasteiger partial charge in [-0.25, -0.2) is 14.1 Å². The van der Waals surface area contributed by atoms with E-state index in [0.29, 0.717) is 30.6 Å². The lowest BCUT2D eigenvalue weighted by molar-refractivity contribution is 0.0987. The van der Waals surface area contributed by atoms with Gasteiger partial charge in [-0.1, -0.05) is 25.1 Å². The molecule has 3 aromatic rings. The van der Waals surface area contributed by atoms with Crippen molar-refractivity contribution in [1.29, 1.82) is 0 Å². The number of hydrogen-bond acceptors (Lipinski definition) is 3. The molecule has 0 atom stereocenters. The molecule has 5 heteroatoms. The van der Waals surface area contributed by atoms with Crippen molar-refractivity contribution >= 4 is 5.78 Å². The number of hydrogen-bond donors (Lipinski definition) is 0. The summed E-state index contributed by atoms with van der Waals surface area (Å²) in [5, 5.41) is 4.54. The molecule has 0 spiro atoms. The monoisotopic (exact) mass is 323 g/mol. The Kier molecular flexibility index (Phi) is 4.79. The minimum absolute atomic E-state index is 0.0614. The van der Waals surface area contributed by atoms with E-state index in [1.807, 2.05) is 25.1 Å². The number of ketones is 1. The SMILES string of the molecule is CCC(=O)c1cn(-c2ccccn2)nc1CCc1ccc(F)cc1. The Hall–Kier alpha value is -2.82. The molecule has 3 rings (SSSR count). The summed E-state index contributed by atoms with van der Waals surface area (Å²) in [6, 6.07) is 12.0. The smallest absolute Gasteiger partial charge is 0.166 e. The predicted molar refractivity (Wildman–Crippen MR) is 89.8 cm³/mol.